The molecular weight excluding hydrogens is 386 g/mol. The van der Waals surface area contributed by atoms with E-state index in [9.17, 15) is 31.9 Å². The van der Waals surface area contributed by atoms with Crippen LogP contribution in [-0.4, -0.2) is 41.9 Å². The van der Waals surface area contributed by atoms with Gasteiger partial charge in [-0.05, 0) is 31.0 Å². The third kappa shape index (κ3) is 5.30. The van der Waals surface area contributed by atoms with Gasteiger partial charge in [-0.2, -0.15) is 8.78 Å². The number of esters is 1. The molecule has 2 rings (SSSR count). The van der Waals surface area contributed by atoms with Crippen molar-refractivity contribution in [3.05, 3.63) is 42.0 Å². The molecule has 0 saturated heterocycles. The van der Waals surface area contributed by atoms with Crippen molar-refractivity contribution in [3.63, 3.8) is 0 Å². The number of carbonyl (C=O) groups excluding carboxylic acids is 2. The van der Waals surface area contributed by atoms with E-state index in [2.05, 4.69) is 10.1 Å². The summed E-state index contributed by atoms with van der Waals surface area (Å²) in [7, 11) is 0. The Morgan fingerprint density at radius 3 is 2.43 bits per heavy atom. The first-order valence-corrected chi connectivity index (χ1v) is 8.23. The molecular formula is C18H17F4NO5. The average Bonchev–Trinajstić information content (AvgIpc) is 2.66. The molecule has 152 valence electrons. The number of benzene rings is 1. The highest BCUT2D eigenvalue weighted by Crippen LogP contribution is 2.30. The summed E-state index contributed by atoms with van der Waals surface area (Å²) >= 11 is 0. The van der Waals surface area contributed by atoms with E-state index < -0.39 is 48.6 Å². The molecule has 0 aromatic heterocycles. The molecule has 0 radical (unpaired) electrons. The van der Waals surface area contributed by atoms with Crippen LogP contribution in [0.4, 0.5) is 23.2 Å². The standard InChI is InChI=1S/C18H17F4NO5/c19-17(20)18(21,22)9-28-16(27)13-7-2-1-6-12(13)14(24)23-11-5-3-4-10(8-11)15(25)26/h1-5,8,12-13,17H,6-7,9H2,(H,23,24)(H,25,26). The molecule has 28 heavy (non-hydrogen) atoms. The van der Waals surface area contributed by atoms with Gasteiger partial charge in [-0.1, -0.05) is 18.2 Å². The lowest BCUT2D eigenvalue weighted by molar-refractivity contribution is -0.184. The molecule has 2 N–H and O–H groups in total. The lowest BCUT2D eigenvalue weighted by atomic mass is 9.82. The number of hydrogen-bond donors (Lipinski definition) is 2. The molecule has 2 atom stereocenters. The van der Waals surface area contributed by atoms with Crippen LogP contribution in [-0.2, 0) is 14.3 Å². The van der Waals surface area contributed by atoms with Gasteiger partial charge in [0.1, 0.15) is 0 Å². The first-order chi connectivity index (χ1) is 13.1. The van der Waals surface area contributed by atoms with Crippen molar-refractivity contribution in [2.75, 3.05) is 11.9 Å². The molecule has 1 aliphatic carbocycles. The summed E-state index contributed by atoms with van der Waals surface area (Å²) in [5.74, 6) is -9.60. The second-order valence-electron chi connectivity index (χ2n) is 6.20. The maximum absolute atomic E-state index is 13.0. The third-order valence-electron chi connectivity index (χ3n) is 4.18. The van der Waals surface area contributed by atoms with Gasteiger partial charge in [0.25, 0.3) is 0 Å². The molecule has 0 saturated carbocycles. The van der Waals surface area contributed by atoms with Crippen LogP contribution in [0.25, 0.3) is 0 Å². The Bertz CT molecular complexity index is 781. The van der Waals surface area contributed by atoms with Gasteiger partial charge in [-0.15, -0.1) is 0 Å². The number of ether oxygens (including phenoxy) is 1. The fraction of sp³-hybridized carbons (Fsp3) is 0.389. The van der Waals surface area contributed by atoms with Crippen LogP contribution in [0.3, 0.4) is 0 Å². The average molecular weight is 403 g/mol. The van der Waals surface area contributed by atoms with Crippen molar-refractivity contribution in [2.24, 2.45) is 11.8 Å². The Balaban J connectivity index is 2.07. The van der Waals surface area contributed by atoms with E-state index >= 15 is 0 Å². The number of nitrogens with one attached hydrogen (secondary N) is 1. The monoisotopic (exact) mass is 403 g/mol. The molecule has 0 fully saturated rings. The Kier molecular flexibility index (Phi) is 6.76. The summed E-state index contributed by atoms with van der Waals surface area (Å²) in [6, 6.07) is 5.40. The van der Waals surface area contributed by atoms with E-state index in [1.807, 2.05) is 0 Å². The number of rotatable bonds is 7. The lowest BCUT2D eigenvalue weighted by Crippen LogP contribution is -2.39. The first kappa shape index (κ1) is 21.4. The Hall–Kier alpha value is -2.91. The summed E-state index contributed by atoms with van der Waals surface area (Å²) < 4.78 is 54.6. The van der Waals surface area contributed by atoms with Gasteiger partial charge in [-0.3, -0.25) is 9.59 Å². The number of carboxylic acids is 1. The van der Waals surface area contributed by atoms with Crippen LogP contribution < -0.4 is 5.32 Å². The van der Waals surface area contributed by atoms with Gasteiger partial charge in [0.05, 0.1) is 17.4 Å². The van der Waals surface area contributed by atoms with Crippen LogP contribution in [0.2, 0.25) is 0 Å². The molecule has 10 heteroatoms. The minimum atomic E-state index is -4.48. The van der Waals surface area contributed by atoms with E-state index in [4.69, 9.17) is 5.11 Å². The number of alkyl halides is 4. The topological polar surface area (TPSA) is 92.7 Å². The predicted octanol–water partition coefficient (Wildman–Crippen LogP) is 3.35. The maximum Gasteiger partial charge on any atom is 0.340 e. The van der Waals surface area contributed by atoms with Crippen LogP contribution in [0.5, 0.6) is 0 Å². The minimum Gasteiger partial charge on any atom is -0.478 e. The van der Waals surface area contributed by atoms with Crippen molar-refractivity contribution in [2.45, 2.75) is 25.2 Å². The highest BCUT2D eigenvalue weighted by molar-refractivity contribution is 5.97. The van der Waals surface area contributed by atoms with Crippen LogP contribution >= 0.6 is 0 Å². The van der Waals surface area contributed by atoms with Gasteiger partial charge in [0, 0.05) is 5.69 Å². The van der Waals surface area contributed by atoms with Gasteiger partial charge >= 0.3 is 24.3 Å². The van der Waals surface area contributed by atoms with E-state index in [-0.39, 0.29) is 24.1 Å². The smallest absolute Gasteiger partial charge is 0.340 e. The summed E-state index contributed by atoms with van der Waals surface area (Å²) in [5.41, 5.74) is 0.113. The number of allylic oxidation sites excluding steroid dienone is 2. The molecule has 1 amide bonds. The highest BCUT2D eigenvalue weighted by atomic mass is 19.3. The van der Waals surface area contributed by atoms with Gasteiger partial charge in [0.2, 0.25) is 5.91 Å². The zero-order valence-electron chi connectivity index (χ0n) is 14.4. The molecule has 0 bridgehead atoms. The molecule has 0 heterocycles. The summed E-state index contributed by atoms with van der Waals surface area (Å²) in [6.45, 7) is -1.78. The van der Waals surface area contributed by atoms with Gasteiger partial charge in [0.15, 0.2) is 6.61 Å². The van der Waals surface area contributed by atoms with Crippen molar-refractivity contribution in [1.82, 2.24) is 0 Å². The Labute approximate surface area is 157 Å². The fourth-order valence-electron chi connectivity index (χ4n) is 2.67. The zero-order chi connectivity index (χ0) is 20.9. The predicted molar refractivity (Wildman–Crippen MR) is 89.3 cm³/mol. The molecule has 1 aliphatic rings. The second kappa shape index (κ2) is 8.85. The fourth-order valence-corrected chi connectivity index (χ4v) is 2.67. The summed E-state index contributed by atoms with van der Waals surface area (Å²) in [4.78, 5) is 35.6. The Morgan fingerprint density at radius 2 is 1.82 bits per heavy atom. The number of carbonyl (C=O) groups is 3. The molecule has 0 spiro atoms. The van der Waals surface area contributed by atoms with Crippen molar-refractivity contribution < 1.29 is 41.8 Å². The lowest BCUT2D eigenvalue weighted by Gasteiger charge is -2.26. The third-order valence-corrected chi connectivity index (χ3v) is 4.18. The Morgan fingerprint density at radius 1 is 1.18 bits per heavy atom. The number of anilines is 1. The number of carboxylic acid groups (broad SMARTS) is 1. The van der Waals surface area contributed by atoms with E-state index in [1.54, 1.807) is 12.2 Å². The van der Waals surface area contributed by atoms with Gasteiger partial charge in [-0.25, -0.2) is 13.6 Å². The van der Waals surface area contributed by atoms with E-state index in [0.29, 0.717) is 0 Å². The SMILES string of the molecule is O=C(O)c1cccc(NC(=O)C2CC=CCC2C(=O)OCC(F)(F)C(F)F)c1. The summed E-state index contributed by atoms with van der Waals surface area (Å²) in [5, 5.41) is 11.4. The zero-order valence-corrected chi connectivity index (χ0v) is 14.4. The minimum absolute atomic E-state index is 0.0202. The van der Waals surface area contributed by atoms with Crippen molar-refractivity contribution in [1.29, 1.82) is 0 Å². The first-order valence-electron chi connectivity index (χ1n) is 8.23. The number of aromatic carboxylic acids is 1. The summed E-state index contributed by atoms with van der Waals surface area (Å²) in [6.07, 6.45) is -0.671. The second-order valence-corrected chi connectivity index (χ2v) is 6.20. The number of hydrogen-bond acceptors (Lipinski definition) is 4. The van der Waals surface area contributed by atoms with E-state index in [1.165, 1.54) is 24.3 Å². The van der Waals surface area contributed by atoms with Crippen molar-refractivity contribution >= 4 is 23.5 Å². The molecule has 0 aliphatic heterocycles. The molecule has 1 aromatic carbocycles. The van der Waals surface area contributed by atoms with Gasteiger partial charge < -0.3 is 15.2 Å². The molecule has 1 aromatic rings. The van der Waals surface area contributed by atoms with E-state index in [0.717, 1.165) is 0 Å². The van der Waals surface area contributed by atoms with Crippen LogP contribution in [0.1, 0.15) is 23.2 Å². The molecule has 6 nitrogen and oxygen atoms in total. The largest absolute Gasteiger partial charge is 0.478 e. The maximum atomic E-state index is 13.0. The quantitative estimate of drug-likeness (QED) is 0.414. The highest BCUT2D eigenvalue weighted by Gasteiger charge is 2.43. The van der Waals surface area contributed by atoms with Crippen molar-refractivity contribution in [3.8, 4) is 0 Å². The number of halogens is 4. The molecule has 2 unspecified atom stereocenters. The normalized spacial score (nSPS) is 19.3. The number of amides is 1. The van der Waals surface area contributed by atoms with Crippen LogP contribution in [0.15, 0.2) is 36.4 Å². The van der Waals surface area contributed by atoms with Crippen LogP contribution in [0, 0.1) is 11.8 Å².